The Morgan fingerprint density at radius 2 is 1.85 bits per heavy atom. The predicted molar refractivity (Wildman–Crippen MR) is 97.5 cm³/mol. The van der Waals surface area contributed by atoms with Crippen LogP contribution in [-0.4, -0.2) is 40.5 Å². The van der Waals surface area contributed by atoms with Crippen LogP contribution in [-0.2, 0) is 22.5 Å². The Morgan fingerprint density at radius 1 is 1.00 bits per heavy atom. The molecule has 1 saturated heterocycles. The van der Waals surface area contributed by atoms with E-state index in [1.54, 1.807) is 24.3 Å². The van der Waals surface area contributed by atoms with Gasteiger partial charge in [-0.15, -0.1) is 0 Å². The highest BCUT2D eigenvalue weighted by atomic mass is 16.5. The molecule has 0 aliphatic carbocycles. The molecular weight excluding hydrogens is 344 g/mol. The summed E-state index contributed by atoms with van der Waals surface area (Å²) < 4.78 is 7.30. The van der Waals surface area contributed by atoms with Crippen molar-refractivity contribution in [3.8, 4) is 0 Å². The molecule has 27 heavy (non-hydrogen) atoms. The van der Waals surface area contributed by atoms with E-state index in [0.29, 0.717) is 31.6 Å². The number of piperidine rings is 1. The van der Waals surface area contributed by atoms with Crippen LogP contribution >= 0.6 is 0 Å². The zero-order valence-electron chi connectivity index (χ0n) is 14.8. The second-order valence-corrected chi connectivity index (χ2v) is 7.70. The molecule has 0 spiro atoms. The topological polar surface area (TPSA) is 68.6 Å². The number of cyclic esters (lactones) is 1. The maximum Gasteiger partial charge on any atom is 0.339 e. The SMILES string of the molecule is O=C1OC(C(=O)N2CC3CC(C2)c2cccc(=O)n2C3)Cc2ccccc21. The molecule has 3 unspecified atom stereocenters. The number of nitrogens with zero attached hydrogens (tertiary/aromatic N) is 2. The molecule has 1 aromatic carbocycles. The fraction of sp³-hybridized carbons (Fsp3) is 0.381. The van der Waals surface area contributed by atoms with Crippen LogP contribution in [0.25, 0.3) is 0 Å². The van der Waals surface area contributed by atoms with Crippen molar-refractivity contribution in [1.82, 2.24) is 9.47 Å². The van der Waals surface area contributed by atoms with Gasteiger partial charge in [0.25, 0.3) is 11.5 Å². The van der Waals surface area contributed by atoms with Gasteiger partial charge in [0.15, 0.2) is 6.10 Å². The van der Waals surface area contributed by atoms with Crippen molar-refractivity contribution in [1.29, 1.82) is 0 Å². The zero-order chi connectivity index (χ0) is 18.5. The Balaban J connectivity index is 1.39. The molecule has 2 bridgehead atoms. The van der Waals surface area contributed by atoms with Crippen LogP contribution in [0.15, 0.2) is 47.3 Å². The third-order valence-corrected chi connectivity index (χ3v) is 5.96. The first kappa shape index (κ1) is 16.3. The van der Waals surface area contributed by atoms with Crippen molar-refractivity contribution >= 4 is 11.9 Å². The molecule has 2 aromatic rings. The standard InChI is InChI=1S/C21H20N2O4/c24-19-7-3-6-17-15-8-13(11-23(17)19)10-22(12-15)20(25)18-9-14-4-1-2-5-16(14)21(26)27-18/h1-7,13,15,18H,8-12H2. The van der Waals surface area contributed by atoms with Crippen molar-refractivity contribution in [3.05, 3.63) is 69.6 Å². The molecule has 3 aliphatic rings. The highest BCUT2D eigenvalue weighted by molar-refractivity contribution is 5.95. The van der Waals surface area contributed by atoms with Gasteiger partial charge in [-0.1, -0.05) is 24.3 Å². The van der Waals surface area contributed by atoms with Gasteiger partial charge < -0.3 is 14.2 Å². The Morgan fingerprint density at radius 3 is 2.74 bits per heavy atom. The molecule has 6 heteroatoms. The molecule has 1 fully saturated rings. The number of ether oxygens (including phenoxy) is 1. The number of fused-ring (bicyclic) bond motifs is 5. The second kappa shape index (κ2) is 6.08. The number of hydrogen-bond acceptors (Lipinski definition) is 4. The lowest BCUT2D eigenvalue weighted by Gasteiger charge is -2.43. The summed E-state index contributed by atoms with van der Waals surface area (Å²) in [6, 6.07) is 12.6. The number of carbonyl (C=O) groups is 2. The molecule has 0 N–H and O–H groups in total. The Hall–Kier alpha value is -2.89. The number of likely N-dealkylation sites (tertiary alicyclic amines) is 1. The van der Waals surface area contributed by atoms with E-state index in [9.17, 15) is 14.4 Å². The highest BCUT2D eigenvalue weighted by Crippen LogP contribution is 2.35. The molecule has 4 heterocycles. The van der Waals surface area contributed by atoms with E-state index >= 15 is 0 Å². The molecule has 0 radical (unpaired) electrons. The average Bonchev–Trinajstić information content (AvgIpc) is 2.68. The van der Waals surface area contributed by atoms with Crippen molar-refractivity contribution in [2.24, 2.45) is 5.92 Å². The minimum atomic E-state index is -0.760. The maximum absolute atomic E-state index is 13.1. The van der Waals surface area contributed by atoms with Gasteiger partial charge >= 0.3 is 5.97 Å². The minimum absolute atomic E-state index is 0.0276. The number of benzene rings is 1. The van der Waals surface area contributed by atoms with Gasteiger partial charge in [0.2, 0.25) is 0 Å². The summed E-state index contributed by atoms with van der Waals surface area (Å²) in [5, 5.41) is 0. The summed E-state index contributed by atoms with van der Waals surface area (Å²) >= 11 is 0. The first-order valence-electron chi connectivity index (χ1n) is 9.37. The number of pyridine rings is 1. The number of esters is 1. The van der Waals surface area contributed by atoms with Crippen LogP contribution in [0.1, 0.15) is 34.0 Å². The quantitative estimate of drug-likeness (QED) is 0.721. The Labute approximate surface area is 156 Å². The normalized spacial score (nSPS) is 26.0. The molecule has 1 aromatic heterocycles. The molecule has 0 saturated carbocycles. The van der Waals surface area contributed by atoms with E-state index in [1.165, 1.54) is 0 Å². The second-order valence-electron chi connectivity index (χ2n) is 7.70. The molecular formula is C21H20N2O4. The summed E-state index contributed by atoms with van der Waals surface area (Å²) in [6.07, 6.45) is 0.646. The van der Waals surface area contributed by atoms with Crippen LogP contribution in [0.3, 0.4) is 0 Å². The van der Waals surface area contributed by atoms with Crippen molar-refractivity contribution < 1.29 is 14.3 Å². The third-order valence-electron chi connectivity index (χ3n) is 5.96. The lowest BCUT2D eigenvalue weighted by Crippen LogP contribution is -2.53. The molecule has 5 rings (SSSR count). The van der Waals surface area contributed by atoms with Gasteiger partial charge in [-0.05, 0) is 30.0 Å². The highest BCUT2D eigenvalue weighted by Gasteiger charge is 2.40. The lowest BCUT2D eigenvalue weighted by molar-refractivity contribution is -0.143. The first-order valence-corrected chi connectivity index (χ1v) is 9.37. The number of hydrogen-bond donors (Lipinski definition) is 0. The number of carbonyl (C=O) groups excluding carboxylic acids is 2. The fourth-order valence-electron chi connectivity index (χ4n) is 4.75. The third kappa shape index (κ3) is 2.67. The van der Waals surface area contributed by atoms with Gasteiger partial charge in [0.05, 0.1) is 5.56 Å². The summed E-state index contributed by atoms with van der Waals surface area (Å²) in [4.78, 5) is 39.3. The van der Waals surface area contributed by atoms with Crippen molar-refractivity contribution in [2.45, 2.75) is 31.4 Å². The van der Waals surface area contributed by atoms with Gasteiger partial charge in [0.1, 0.15) is 0 Å². The van der Waals surface area contributed by atoms with Crippen LogP contribution < -0.4 is 5.56 Å². The van der Waals surface area contributed by atoms with E-state index in [4.69, 9.17) is 4.74 Å². The van der Waals surface area contributed by atoms with Crippen LogP contribution in [0.2, 0.25) is 0 Å². The summed E-state index contributed by atoms with van der Waals surface area (Å²) in [7, 11) is 0. The summed E-state index contributed by atoms with van der Waals surface area (Å²) in [5.41, 5.74) is 2.44. The summed E-state index contributed by atoms with van der Waals surface area (Å²) in [6.45, 7) is 1.81. The smallest absolute Gasteiger partial charge is 0.339 e. The van der Waals surface area contributed by atoms with Crippen LogP contribution in [0, 0.1) is 5.92 Å². The predicted octanol–water partition coefficient (Wildman–Crippen LogP) is 1.58. The van der Waals surface area contributed by atoms with Gasteiger partial charge in [-0.25, -0.2) is 4.79 Å². The van der Waals surface area contributed by atoms with E-state index in [-0.39, 0.29) is 23.3 Å². The number of amides is 1. The molecule has 6 nitrogen and oxygen atoms in total. The first-order chi connectivity index (χ1) is 13.1. The van der Waals surface area contributed by atoms with Crippen LogP contribution in [0.4, 0.5) is 0 Å². The van der Waals surface area contributed by atoms with Crippen molar-refractivity contribution in [3.63, 3.8) is 0 Å². The van der Waals surface area contributed by atoms with Gasteiger partial charge in [0, 0.05) is 43.7 Å². The van der Waals surface area contributed by atoms with Gasteiger partial charge in [-0.3, -0.25) is 9.59 Å². The Bertz CT molecular complexity index is 996. The minimum Gasteiger partial charge on any atom is -0.448 e. The number of rotatable bonds is 1. The Kier molecular flexibility index (Phi) is 3.67. The lowest BCUT2D eigenvalue weighted by atomic mass is 9.83. The van der Waals surface area contributed by atoms with Crippen LogP contribution in [0.5, 0.6) is 0 Å². The largest absolute Gasteiger partial charge is 0.448 e. The van der Waals surface area contributed by atoms with E-state index in [0.717, 1.165) is 17.7 Å². The molecule has 3 aliphatic heterocycles. The average molecular weight is 364 g/mol. The molecule has 138 valence electrons. The van der Waals surface area contributed by atoms with E-state index in [2.05, 4.69) is 0 Å². The van der Waals surface area contributed by atoms with Gasteiger partial charge in [-0.2, -0.15) is 0 Å². The van der Waals surface area contributed by atoms with E-state index < -0.39 is 12.1 Å². The molecule has 3 atom stereocenters. The maximum atomic E-state index is 13.1. The monoisotopic (exact) mass is 364 g/mol. The fourth-order valence-corrected chi connectivity index (χ4v) is 4.75. The van der Waals surface area contributed by atoms with Crippen molar-refractivity contribution in [2.75, 3.05) is 13.1 Å². The zero-order valence-corrected chi connectivity index (χ0v) is 14.8. The van der Waals surface area contributed by atoms with E-state index in [1.807, 2.05) is 27.7 Å². The summed E-state index contributed by atoms with van der Waals surface area (Å²) in [5.74, 6) is -0.141. The number of aromatic nitrogens is 1. The molecule has 1 amide bonds.